The van der Waals surface area contributed by atoms with Crippen molar-refractivity contribution >= 4 is 17.5 Å². The fourth-order valence-corrected chi connectivity index (χ4v) is 3.39. The minimum Gasteiger partial charge on any atom is -0.364 e. The number of amides is 2. The fraction of sp³-hybridized carbons (Fsp3) is 0.421. The third kappa shape index (κ3) is 4.44. The molecule has 0 bridgehead atoms. The number of hydrogen-bond acceptors (Lipinski definition) is 6. The van der Waals surface area contributed by atoms with E-state index in [1.165, 1.54) is 6.26 Å². The number of aromatic nitrogens is 4. The van der Waals surface area contributed by atoms with E-state index in [2.05, 4.69) is 25.9 Å². The molecule has 1 saturated carbocycles. The van der Waals surface area contributed by atoms with Gasteiger partial charge in [0.2, 0.25) is 11.8 Å². The maximum Gasteiger partial charge on any atom is 0.256 e. The fourth-order valence-electron chi connectivity index (χ4n) is 3.39. The van der Waals surface area contributed by atoms with E-state index in [0.29, 0.717) is 22.6 Å². The maximum absolute atomic E-state index is 12.8. The quantitative estimate of drug-likeness (QED) is 0.607. The number of carbonyl (C=O) groups excluding carboxylic acids is 2. The molecule has 2 N–H and O–H groups in total. The van der Waals surface area contributed by atoms with Crippen molar-refractivity contribution in [2.45, 2.75) is 45.2 Å². The van der Waals surface area contributed by atoms with Gasteiger partial charge in [0, 0.05) is 25.8 Å². The van der Waals surface area contributed by atoms with Crippen molar-refractivity contribution < 1.29 is 22.9 Å². The summed E-state index contributed by atoms with van der Waals surface area (Å²) in [6.07, 6.45) is 4.22. The molecule has 158 valence electrons. The number of aryl methyl sites for hydroxylation is 1. The molecule has 2 amide bonds. The summed E-state index contributed by atoms with van der Waals surface area (Å²) in [6, 6.07) is 1.76. The summed E-state index contributed by atoms with van der Waals surface area (Å²) in [6.45, 7) is 2.11. The van der Waals surface area contributed by atoms with Gasteiger partial charge in [0.25, 0.3) is 5.91 Å². The summed E-state index contributed by atoms with van der Waals surface area (Å²) in [5.74, 6) is -3.45. The van der Waals surface area contributed by atoms with Crippen molar-refractivity contribution in [3.8, 4) is 0 Å². The molecule has 9 nitrogen and oxygen atoms in total. The van der Waals surface area contributed by atoms with Gasteiger partial charge in [0.15, 0.2) is 5.65 Å². The van der Waals surface area contributed by atoms with Crippen LogP contribution in [0.25, 0.3) is 5.65 Å². The van der Waals surface area contributed by atoms with E-state index in [1.807, 2.05) is 0 Å². The monoisotopic (exact) mass is 418 g/mol. The molecule has 0 radical (unpaired) electrons. The summed E-state index contributed by atoms with van der Waals surface area (Å²) in [7, 11) is 0. The molecule has 30 heavy (non-hydrogen) atoms. The molecular weight excluding hydrogens is 398 g/mol. The van der Waals surface area contributed by atoms with Gasteiger partial charge >= 0.3 is 0 Å². The van der Waals surface area contributed by atoms with Crippen molar-refractivity contribution in [1.82, 2.24) is 30.4 Å². The van der Waals surface area contributed by atoms with Crippen LogP contribution in [0.1, 0.15) is 46.6 Å². The van der Waals surface area contributed by atoms with Crippen LogP contribution in [0.5, 0.6) is 0 Å². The second-order valence-electron chi connectivity index (χ2n) is 7.51. The maximum atomic E-state index is 12.8. The minimum atomic E-state index is -2.62. The molecule has 3 aromatic rings. The first-order valence-electron chi connectivity index (χ1n) is 9.46. The van der Waals surface area contributed by atoms with Gasteiger partial charge in [-0.1, -0.05) is 5.16 Å². The lowest BCUT2D eigenvalue weighted by Gasteiger charge is -2.34. The molecule has 0 unspecified atom stereocenters. The van der Waals surface area contributed by atoms with E-state index in [9.17, 15) is 18.4 Å². The molecule has 3 aromatic heterocycles. The van der Waals surface area contributed by atoms with Crippen molar-refractivity contribution in [1.29, 1.82) is 0 Å². The van der Waals surface area contributed by atoms with E-state index in [0.717, 1.165) is 5.56 Å². The van der Waals surface area contributed by atoms with Crippen LogP contribution < -0.4 is 10.6 Å². The van der Waals surface area contributed by atoms with Crippen LogP contribution in [0.4, 0.5) is 8.78 Å². The Bertz CT molecular complexity index is 1090. The average molecular weight is 418 g/mol. The van der Waals surface area contributed by atoms with Crippen LogP contribution in [0.2, 0.25) is 0 Å². The number of nitrogens with zero attached hydrogens (tertiary/aromatic N) is 4. The normalized spacial score (nSPS) is 15.7. The third-order valence-electron chi connectivity index (χ3n) is 4.99. The highest BCUT2D eigenvalue weighted by atomic mass is 19.3. The van der Waals surface area contributed by atoms with Gasteiger partial charge in [-0.25, -0.2) is 18.3 Å². The lowest BCUT2D eigenvalue weighted by Crippen LogP contribution is -2.38. The zero-order valence-corrected chi connectivity index (χ0v) is 16.2. The third-order valence-corrected chi connectivity index (χ3v) is 4.99. The van der Waals surface area contributed by atoms with Gasteiger partial charge in [-0.05, 0) is 24.5 Å². The number of alkyl halides is 2. The predicted octanol–water partition coefficient (Wildman–Crippen LogP) is 2.01. The number of halogens is 2. The van der Waals surface area contributed by atoms with Crippen LogP contribution >= 0.6 is 0 Å². The van der Waals surface area contributed by atoms with E-state index in [1.54, 1.807) is 29.9 Å². The Morgan fingerprint density at radius 2 is 2.10 bits per heavy atom. The van der Waals surface area contributed by atoms with E-state index >= 15 is 0 Å². The Morgan fingerprint density at radius 3 is 2.80 bits per heavy atom. The zero-order chi connectivity index (χ0) is 21.3. The SMILES string of the molecule is Cc1nocc1C(=O)NCc1cn2ncc(CNC(=O)CC3CC(F)(F)C3)cc2n1. The first kappa shape index (κ1) is 19.9. The Kier molecular flexibility index (Phi) is 5.18. The highest BCUT2D eigenvalue weighted by Gasteiger charge is 2.45. The topological polar surface area (TPSA) is 114 Å². The van der Waals surface area contributed by atoms with Gasteiger partial charge in [0.1, 0.15) is 11.8 Å². The number of nitrogens with one attached hydrogen (secondary N) is 2. The lowest BCUT2D eigenvalue weighted by molar-refractivity contribution is -0.133. The van der Waals surface area contributed by atoms with Crippen molar-refractivity contribution in [2.24, 2.45) is 5.92 Å². The molecule has 1 aliphatic carbocycles. The molecule has 1 aliphatic rings. The van der Waals surface area contributed by atoms with Crippen molar-refractivity contribution in [3.05, 3.63) is 47.2 Å². The zero-order valence-electron chi connectivity index (χ0n) is 16.2. The van der Waals surface area contributed by atoms with Crippen LogP contribution in [-0.2, 0) is 17.9 Å². The van der Waals surface area contributed by atoms with Gasteiger partial charge in [0.05, 0.1) is 30.3 Å². The average Bonchev–Trinajstić information content (AvgIpc) is 3.28. The predicted molar refractivity (Wildman–Crippen MR) is 99.5 cm³/mol. The number of imidazole rings is 1. The van der Waals surface area contributed by atoms with Crippen LogP contribution in [0, 0.1) is 12.8 Å². The molecule has 0 aromatic carbocycles. The summed E-state index contributed by atoms with van der Waals surface area (Å²) in [4.78, 5) is 28.4. The van der Waals surface area contributed by atoms with Crippen LogP contribution in [-0.4, -0.2) is 37.5 Å². The van der Waals surface area contributed by atoms with E-state index < -0.39 is 5.92 Å². The molecule has 0 aliphatic heterocycles. The van der Waals surface area contributed by atoms with Crippen LogP contribution in [0.15, 0.2) is 29.2 Å². The highest BCUT2D eigenvalue weighted by molar-refractivity contribution is 5.94. The van der Waals surface area contributed by atoms with Gasteiger partial charge in [-0.15, -0.1) is 0 Å². The van der Waals surface area contributed by atoms with E-state index in [-0.39, 0.29) is 50.1 Å². The minimum absolute atomic E-state index is 0.101. The van der Waals surface area contributed by atoms with Crippen molar-refractivity contribution in [3.63, 3.8) is 0 Å². The number of rotatable bonds is 7. The molecule has 0 spiro atoms. The second kappa shape index (κ2) is 7.81. The van der Waals surface area contributed by atoms with Crippen LogP contribution in [0.3, 0.4) is 0 Å². The molecule has 4 rings (SSSR count). The number of carbonyl (C=O) groups is 2. The van der Waals surface area contributed by atoms with Gasteiger partial charge in [-0.3, -0.25) is 9.59 Å². The molecule has 0 atom stereocenters. The molecule has 11 heteroatoms. The summed E-state index contributed by atoms with van der Waals surface area (Å²) in [5.41, 5.74) is 2.77. The molecule has 0 saturated heterocycles. The van der Waals surface area contributed by atoms with Crippen molar-refractivity contribution in [2.75, 3.05) is 0 Å². The summed E-state index contributed by atoms with van der Waals surface area (Å²) < 4.78 is 32.0. The smallest absolute Gasteiger partial charge is 0.256 e. The number of fused-ring (bicyclic) bond motifs is 1. The number of hydrogen-bond donors (Lipinski definition) is 2. The Hall–Kier alpha value is -3.37. The first-order valence-corrected chi connectivity index (χ1v) is 9.46. The highest BCUT2D eigenvalue weighted by Crippen LogP contribution is 2.43. The summed E-state index contributed by atoms with van der Waals surface area (Å²) >= 11 is 0. The Labute approximate surface area is 169 Å². The standard InChI is InChI=1S/C19H20F2N6O3/c1-11-15(10-30-26-11)18(29)23-8-14-9-27-16(25-14)2-13(7-24-27)6-22-17(28)3-12-4-19(20,21)5-12/h2,7,9-10,12H,3-6,8H2,1H3,(H,22,28)(H,23,29). The first-order chi connectivity index (χ1) is 14.3. The molecule has 1 fully saturated rings. The lowest BCUT2D eigenvalue weighted by atomic mass is 9.79. The Balaban J connectivity index is 1.30. The van der Waals surface area contributed by atoms with E-state index in [4.69, 9.17) is 4.52 Å². The molecule has 3 heterocycles. The Morgan fingerprint density at radius 1 is 1.30 bits per heavy atom. The largest absolute Gasteiger partial charge is 0.364 e. The summed E-state index contributed by atoms with van der Waals surface area (Å²) in [5, 5.41) is 13.4. The van der Waals surface area contributed by atoms with Gasteiger partial charge in [-0.2, -0.15) is 5.10 Å². The molecular formula is C19H20F2N6O3. The second-order valence-corrected chi connectivity index (χ2v) is 7.51. The van der Waals surface area contributed by atoms with Gasteiger partial charge < -0.3 is 15.2 Å².